The molecule has 1 rings (SSSR count). The molecule has 66 valence electrons. The molecule has 0 spiro atoms. The van der Waals surface area contributed by atoms with E-state index in [9.17, 15) is 10.2 Å². The predicted molar refractivity (Wildman–Crippen MR) is 43.4 cm³/mol. The second kappa shape index (κ2) is 2.73. The van der Waals surface area contributed by atoms with Crippen LogP contribution in [0.25, 0.3) is 0 Å². The maximum absolute atomic E-state index is 9.92. The van der Waals surface area contributed by atoms with Gasteiger partial charge in [-0.1, -0.05) is 0 Å². The zero-order valence-corrected chi connectivity index (χ0v) is 7.22. The molecule has 1 saturated heterocycles. The van der Waals surface area contributed by atoms with Gasteiger partial charge in [-0.3, -0.25) is 0 Å². The van der Waals surface area contributed by atoms with Gasteiger partial charge in [0.15, 0.2) is 0 Å². The summed E-state index contributed by atoms with van der Waals surface area (Å²) in [6.45, 7) is 4.91. The Balaban J connectivity index is 2.64. The van der Waals surface area contributed by atoms with E-state index in [-0.39, 0.29) is 0 Å². The smallest absolute Gasteiger partial charge is 0.0952 e. The van der Waals surface area contributed by atoms with Crippen molar-refractivity contribution in [1.82, 2.24) is 5.32 Å². The van der Waals surface area contributed by atoms with Crippen LogP contribution in [0.15, 0.2) is 0 Å². The van der Waals surface area contributed by atoms with Crippen LogP contribution in [0.5, 0.6) is 0 Å². The first-order valence-corrected chi connectivity index (χ1v) is 4.11. The molecule has 0 saturated carbocycles. The first-order chi connectivity index (χ1) is 4.96. The standard InChI is InChI=1S/C8H17NO2/c1-7(2,10)8(11)3-5-9-6-4-8/h9-11H,3-6H2,1-2H3. The van der Waals surface area contributed by atoms with Crippen molar-refractivity contribution in [2.45, 2.75) is 37.9 Å². The fourth-order valence-electron chi connectivity index (χ4n) is 1.45. The zero-order chi connectivity index (χ0) is 8.54. The molecule has 11 heavy (non-hydrogen) atoms. The molecular formula is C8H17NO2. The largest absolute Gasteiger partial charge is 0.387 e. The van der Waals surface area contributed by atoms with Crippen molar-refractivity contribution in [2.24, 2.45) is 0 Å². The first-order valence-electron chi connectivity index (χ1n) is 4.11. The van der Waals surface area contributed by atoms with E-state index in [0.717, 1.165) is 13.1 Å². The lowest BCUT2D eigenvalue weighted by atomic mass is 9.79. The average molecular weight is 159 g/mol. The van der Waals surface area contributed by atoms with Crippen LogP contribution in [-0.2, 0) is 0 Å². The zero-order valence-electron chi connectivity index (χ0n) is 7.22. The molecular weight excluding hydrogens is 142 g/mol. The van der Waals surface area contributed by atoms with Crippen molar-refractivity contribution in [3.63, 3.8) is 0 Å². The van der Waals surface area contributed by atoms with E-state index in [1.165, 1.54) is 0 Å². The predicted octanol–water partition coefficient (Wildman–Crippen LogP) is -0.128. The highest BCUT2D eigenvalue weighted by Crippen LogP contribution is 2.29. The molecule has 1 heterocycles. The summed E-state index contributed by atoms with van der Waals surface area (Å²) in [5.74, 6) is 0. The van der Waals surface area contributed by atoms with Crippen molar-refractivity contribution >= 4 is 0 Å². The SMILES string of the molecule is CC(C)(O)C1(O)CCNCC1. The Morgan fingerprint density at radius 3 is 2.00 bits per heavy atom. The van der Waals surface area contributed by atoms with Gasteiger partial charge in [0.25, 0.3) is 0 Å². The minimum absolute atomic E-state index is 0.635. The van der Waals surface area contributed by atoms with Crippen molar-refractivity contribution in [1.29, 1.82) is 0 Å². The Morgan fingerprint density at radius 1 is 1.27 bits per heavy atom. The maximum atomic E-state index is 9.92. The van der Waals surface area contributed by atoms with E-state index in [2.05, 4.69) is 5.32 Å². The molecule has 1 aliphatic rings. The summed E-state index contributed by atoms with van der Waals surface area (Å²) < 4.78 is 0. The molecule has 0 aromatic rings. The third kappa shape index (κ3) is 1.72. The van der Waals surface area contributed by atoms with Crippen molar-refractivity contribution in [3.05, 3.63) is 0 Å². The molecule has 0 radical (unpaired) electrons. The van der Waals surface area contributed by atoms with E-state index < -0.39 is 11.2 Å². The van der Waals surface area contributed by atoms with Gasteiger partial charge < -0.3 is 15.5 Å². The minimum atomic E-state index is -0.977. The van der Waals surface area contributed by atoms with Crippen LogP contribution >= 0.6 is 0 Å². The van der Waals surface area contributed by atoms with Crippen LogP contribution in [0.2, 0.25) is 0 Å². The van der Waals surface area contributed by atoms with Crippen molar-refractivity contribution in [2.75, 3.05) is 13.1 Å². The highest BCUT2D eigenvalue weighted by Gasteiger charge is 2.42. The second-order valence-corrected chi connectivity index (χ2v) is 3.84. The van der Waals surface area contributed by atoms with Crippen LogP contribution in [0.3, 0.4) is 0 Å². The number of piperidine rings is 1. The van der Waals surface area contributed by atoms with Gasteiger partial charge in [-0.15, -0.1) is 0 Å². The van der Waals surface area contributed by atoms with Crippen LogP contribution in [0.4, 0.5) is 0 Å². The molecule has 0 aliphatic carbocycles. The van der Waals surface area contributed by atoms with Gasteiger partial charge in [-0.2, -0.15) is 0 Å². The summed E-state index contributed by atoms with van der Waals surface area (Å²) in [5.41, 5.74) is -1.87. The average Bonchev–Trinajstić information content (AvgIpc) is 1.87. The molecule has 0 aromatic carbocycles. The Kier molecular flexibility index (Phi) is 2.23. The molecule has 0 unspecified atom stereocenters. The minimum Gasteiger partial charge on any atom is -0.387 e. The molecule has 3 heteroatoms. The molecule has 1 fully saturated rings. The topological polar surface area (TPSA) is 52.5 Å². The van der Waals surface area contributed by atoms with Gasteiger partial charge in [0.1, 0.15) is 0 Å². The molecule has 0 atom stereocenters. The third-order valence-corrected chi connectivity index (χ3v) is 2.57. The summed E-state index contributed by atoms with van der Waals surface area (Å²) in [4.78, 5) is 0. The number of hydrogen-bond acceptors (Lipinski definition) is 3. The van der Waals surface area contributed by atoms with E-state index in [4.69, 9.17) is 0 Å². The Morgan fingerprint density at radius 2 is 1.73 bits per heavy atom. The lowest BCUT2D eigenvalue weighted by Crippen LogP contribution is -2.55. The fourth-order valence-corrected chi connectivity index (χ4v) is 1.45. The summed E-state index contributed by atoms with van der Waals surface area (Å²) in [6, 6.07) is 0. The van der Waals surface area contributed by atoms with Gasteiger partial charge in [0, 0.05) is 0 Å². The Hall–Kier alpha value is -0.120. The van der Waals surface area contributed by atoms with Gasteiger partial charge in [0.2, 0.25) is 0 Å². The van der Waals surface area contributed by atoms with Gasteiger partial charge >= 0.3 is 0 Å². The molecule has 1 aliphatic heterocycles. The monoisotopic (exact) mass is 159 g/mol. The molecule has 0 aromatic heterocycles. The highest BCUT2D eigenvalue weighted by atomic mass is 16.4. The lowest BCUT2D eigenvalue weighted by molar-refractivity contribution is -0.144. The number of rotatable bonds is 1. The number of nitrogens with one attached hydrogen (secondary N) is 1. The first kappa shape index (κ1) is 8.97. The van der Waals surface area contributed by atoms with Gasteiger partial charge in [-0.05, 0) is 39.8 Å². The summed E-state index contributed by atoms with van der Waals surface area (Å²) >= 11 is 0. The maximum Gasteiger partial charge on any atom is 0.0952 e. The van der Waals surface area contributed by atoms with E-state index in [1.54, 1.807) is 13.8 Å². The quantitative estimate of drug-likeness (QED) is 0.499. The normalized spacial score (nSPS) is 25.1. The number of hydrogen-bond donors (Lipinski definition) is 3. The van der Waals surface area contributed by atoms with Gasteiger partial charge in [0.05, 0.1) is 11.2 Å². The Labute approximate surface area is 67.4 Å². The van der Waals surface area contributed by atoms with Crippen LogP contribution in [0, 0.1) is 0 Å². The molecule has 3 nitrogen and oxygen atoms in total. The van der Waals surface area contributed by atoms with E-state index in [1.807, 2.05) is 0 Å². The molecule has 0 bridgehead atoms. The Bertz CT molecular complexity index is 134. The van der Waals surface area contributed by atoms with Gasteiger partial charge in [-0.25, -0.2) is 0 Å². The summed E-state index contributed by atoms with van der Waals surface area (Å²) in [6.07, 6.45) is 1.27. The summed E-state index contributed by atoms with van der Waals surface area (Å²) in [7, 11) is 0. The van der Waals surface area contributed by atoms with E-state index >= 15 is 0 Å². The van der Waals surface area contributed by atoms with Crippen molar-refractivity contribution in [3.8, 4) is 0 Å². The van der Waals surface area contributed by atoms with Crippen LogP contribution in [-0.4, -0.2) is 34.5 Å². The summed E-state index contributed by atoms with van der Waals surface area (Å²) in [5, 5.41) is 22.7. The van der Waals surface area contributed by atoms with Crippen LogP contribution in [0.1, 0.15) is 26.7 Å². The molecule has 3 N–H and O–H groups in total. The van der Waals surface area contributed by atoms with Crippen LogP contribution < -0.4 is 5.32 Å². The third-order valence-electron chi connectivity index (χ3n) is 2.57. The molecule has 0 amide bonds. The lowest BCUT2D eigenvalue weighted by Gasteiger charge is -2.41. The second-order valence-electron chi connectivity index (χ2n) is 3.84. The highest BCUT2D eigenvalue weighted by molar-refractivity contribution is 4.96. The fraction of sp³-hybridized carbons (Fsp3) is 1.00. The number of aliphatic hydroxyl groups is 2. The van der Waals surface area contributed by atoms with Crippen molar-refractivity contribution < 1.29 is 10.2 Å². The van der Waals surface area contributed by atoms with E-state index in [0.29, 0.717) is 12.8 Å².